The number of hydrogen-bond acceptors (Lipinski definition) is 42. The van der Waals surface area contributed by atoms with Crippen molar-refractivity contribution in [3.05, 3.63) is 0 Å². The summed E-state index contributed by atoms with van der Waals surface area (Å²) in [5, 5.41) is 270. The summed E-state index contributed by atoms with van der Waals surface area (Å²) in [6.07, 6.45) is -82.8. The van der Waals surface area contributed by atoms with E-state index >= 15 is 0 Å². The van der Waals surface area contributed by atoms with Gasteiger partial charge in [0, 0.05) is 0 Å². The average molecular weight is 1370 g/mol. The number of rotatable bonds is 21. The number of aliphatic hydroxyl groups excluding tert-OH is 25. The van der Waals surface area contributed by atoms with E-state index in [1.165, 1.54) is 6.92 Å². The van der Waals surface area contributed by atoms with Gasteiger partial charge < -0.3 is 208 Å². The molecule has 93 heavy (non-hydrogen) atoms. The van der Waals surface area contributed by atoms with Gasteiger partial charge >= 0.3 is 0 Å². The maximum absolute atomic E-state index is 12.0. The second-order valence-electron chi connectivity index (χ2n) is 23.9. The quantitative estimate of drug-likeness (QED) is 0.0507. The lowest BCUT2D eigenvalue weighted by atomic mass is 9.95. The van der Waals surface area contributed by atoms with Gasteiger partial charge in [-0.25, -0.2) is 0 Å². The molecule has 9 heterocycles. The molecule has 9 rings (SSSR count). The van der Waals surface area contributed by atoms with E-state index < -0.39 is 311 Å². The van der Waals surface area contributed by atoms with Gasteiger partial charge in [-0.15, -0.1) is 0 Å². The minimum atomic E-state index is -2.43. The van der Waals surface area contributed by atoms with E-state index in [1.807, 2.05) is 0 Å². The van der Waals surface area contributed by atoms with Gasteiger partial charge in [-0.2, -0.15) is 0 Å². The first-order chi connectivity index (χ1) is 44.0. The lowest BCUT2D eigenvalue weighted by molar-refractivity contribution is -0.398. The highest BCUT2D eigenvalue weighted by molar-refractivity contribution is 5.00. The van der Waals surface area contributed by atoms with Gasteiger partial charge in [-0.05, 0) is 6.92 Å². The van der Waals surface area contributed by atoms with Crippen LogP contribution in [0.3, 0.4) is 0 Å². The largest absolute Gasteiger partial charge is 0.394 e. The molecule has 42 unspecified atom stereocenters. The van der Waals surface area contributed by atoms with Crippen LogP contribution in [-0.4, -0.2) is 439 Å². The van der Waals surface area contributed by atoms with Gasteiger partial charge in [0.25, 0.3) is 0 Å². The van der Waals surface area contributed by atoms with Gasteiger partial charge in [0.1, 0.15) is 195 Å². The Balaban J connectivity index is 0.984. The normalized spacial score (nSPS) is 54.4. The van der Waals surface area contributed by atoms with Gasteiger partial charge in [-0.1, -0.05) is 0 Å². The van der Waals surface area contributed by atoms with E-state index in [1.54, 1.807) is 0 Å². The average Bonchev–Trinajstić information content (AvgIpc) is 0.786. The Morgan fingerprint density at radius 3 is 1.08 bits per heavy atom. The van der Waals surface area contributed by atoms with Crippen LogP contribution >= 0.6 is 0 Å². The topological polar surface area (TPSA) is 663 Å². The Bertz CT molecular complexity index is 2280. The highest BCUT2D eigenvalue weighted by Crippen LogP contribution is 2.38. The first kappa shape index (κ1) is 75.5. The van der Waals surface area contributed by atoms with E-state index in [2.05, 4.69) is 0 Å². The molecular weight excluding hydrogens is 1280 g/mol. The van der Waals surface area contributed by atoms with Crippen LogP contribution in [0.4, 0.5) is 0 Å². The number of aliphatic hydroxyl groups is 25. The monoisotopic (exact) mass is 1370 g/mol. The molecule has 9 fully saturated rings. The van der Waals surface area contributed by atoms with E-state index in [-0.39, 0.29) is 0 Å². The minimum Gasteiger partial charge on any atom is -0.394 e. The molecule has 0 aromatic heterocycles. The van der Waals surface area contributed by atoms with Crippen molar-refractivity contribution in [2.45, 2.75) is 265 Å². The maximum Gasteiger partial charge on any atom is 0.187 e. The van der Waals surface area contributed by atoms with E-state index in [0.717, 1.165) is 0 Å². The Kier molecular flexibility index (Phi) is 26.2. The number of ether oxygens (including phenoxy) is 17. The molecule has 9 aliphatic heterocycles. The Morgan fingerprint density at radius 1 is 0.258 bits per heavy atom. The maximum atomic E-state index is 12.0. The molecule has 0 amide bonds. The Hall–Kier alpha value is -1.68. The molecule has 0 aromatic rings. The molecule has 42 heteroatoms. The molecule has 0 aromatic carbocycles. The van der Waals surface area contributed by atoms with Crippen molar-refractivity contribution >= 4 is 0 Å². The molecule has 0 bridgehead atoms. The molecule has 9 saturated heterocycles. The zero-order chi connectivity index (χ0) is 67.9. The van der Waals surface area contributed by atoms with E-state index in [4.69, 9.17) is 80.5 Å². The molecule has 42 nitrogen and oxygen atoms in total. The summed E-state index contributed by atoms with van der Waals surface area (Å²) in [4.78, 5) is 0. The first-order valence-corrected chi connectivity index (χ1v) is 29.7. The van der Waals surface area contributed by atoms with Crippen molar-refractivity contribution in [2.75, 3.05) is 52.9 Å². The summed E-state index contributed by atoms with van der Waals surface area (Å²) in [5.74, 6) is 0. The van der Waals surface area contributed by atoms with Crippen LogP contribution in [0.5, 0.6) is 0 Å². The smallest absolute Gasteiger partial charge is 0.187 e. The molecule has 9 aliphatic rings. The van der Waals surface area contributed by atoms with Crippen molar-refractivity contribution in [1.29, 1.82) is 0 Å². The molecule has 25 N–H and O–H groups in total. The van der Waals surface area contributed by atoms with Crippen LogP contribution < -0.4 is 0 Å². The van der Waals surface area contributed by atoms with Crippen LogP contribution in [0, 0.1) is 0 Å². The third-order valence-electron chi connectivity index (χ3n) is 17.5. The molecule has 0 aliphatic carbocycles. The lowest BCUT2D eigenvalue weighted by Gasteiger charge is -2.49. The van der Waals surface area contributed by atoms with Gasteiger partial charge in [0.2, 0.25) is 0 Å². The highest BCUT2D eigenvalue weighted by Gasteiger charge is 2.58. The summed E-state index contributed by atoms with van der Waals surface area (Å²) in [7, 11) is 0. The summed E-state index contributed by atoms with van der Waals surface area (Å²) < 4.78 is 97.3. The fraction of sp³-hybridized carbons (Fsp3) is 1.00. The van der Waals surface area contributed by atoms with Crippen LogP contribution in [0.25, 0.3) is 0 Å². The lowest BCUT2D eigenvalue weighted by Crippen LogP contribution is -2.68. The van der Waals surface area contributed by atoms with Crippen molar-refractivity contribution in [1.82, 2.24) is 0 Å². The SMILES string of the molecule is CC1OC(OC2C(OC3C(OCC4OC(OC5C(CO)OC(O)C(O)C5O)C(O)C(O)C4OC4OC(COC5OCC(O)C(O)C5O)C(OC5OC(COC6OCC(O)C(O)C6O)C(O)C(O)C5O)C(O)C4O)OCC(O)C3O)OC(CO)C(O)C2O)C(O)C(O)C1O. The first-order valence-electron chi connectivity index (χ1n) is 29.7. The predicted octanol–water partition coefficient (Wildman–Crippen LogP) is -17.7. The third-order valence-corrected chi connectivity index (χ3v) is 17.5. The zero-order valence-electron chi connectivity index (χ0n) is 49.0. The summed E-state index contributed by atoms with van der Waals surface area (Å²) >= 11 is 0. The molecular formula is C51H86O42. The zero-order valence-corrected chi connectivity index (χ0v) is 49.0. The van der Waals surface area contributed by atoms with Crippen molar-refractivity contribution in [3.8, 4) is 0 Å². The van der Waals surface area contributed by atoms with Gasteiger partial charge in [0.15, 0.2) is 56.6 Å². The molecule has 42 atom stereocenters. The van der Waals surface area contributed by atoms with Crippen molar-refractivity contribution < 1.29 is 208 Å². The molecule has 542 valence electrons. The van der Waals surface area contributed by atoms with Crippen LogP contribution in [0.1, 0.15) is 6.92 Å². The second-order valence-corrected chi connectivity index (χ2v) is 23.9. The van der Waals surface area contributed by atoms with E-state index in [9.17, 15) is 128 Å². The fourth-order valence-corrected chi connectivity index (χ4v) is 11.7. The Labute approximate surface area is 525 Å². The summed E-state index contributed by atoms with van der Waals surface area (Å²) in [6.45, 7) is -5.42. The molecule has 0 saturated carbocycles. The highest BCUT2D eigenvalue weighted by atomic mass is 16.8. The number of hydrogen-bond donors (Lipinski definition) is 25. The predicted molar refractivity (Wildman–Crippen MR) is 278 cm³/mol. The van der Waals surface area contributed by atoms with Crippen LogP contribution in [0.15, 0.2) is 0 Å². The minimum absolute atomic E-state index is 0.512. The third kappa shape index (κ3) is 16.2. The van der Waals surface area contributed by atoms with Gasteiger partial charge in [0.05, 0.1) is 59.0 Å². The summed E-state index contributed by atoms with van der Waals surface area (Å²) in [6, 6.07) is 0. The fourth-order valence-electron chi connectivity index (χ4n) is 11.7. The van der Waals surface area contributed by atoms with Crippen LogP contribution in [0.2, 0.25) is 0 Å². The molecule has 0 radical (unpaired) electrons. The van der Waals surface area contributed by atoms with Crippen molar-refractivity contribution in [3.63, 3.8) is 0 Å². The standard InChI is InChI=1S/C51H86O42/c1-10-19(57)25(63)34(72)46(83-10)92-42-27(65)23(61)14(2-52)85-51(42)93-41-22(60)13(56)6-79-50(41)82-9-18-40(29(67)36(74)48(88-18)89-38-15(3-53)84-43(76)31(69)28(38)66)91-49-37(75)30(68)39(17(87-49)8-81-45-33(71)21(59)12(55)5-78-45)90-47-35(73)26(64)24(62)16(86-47)7-80-44-32(70)20(58)11(54)4-77-44/h10-76H,2-9H2,1H3. The van der Waals surface area contributed by atoms with Crippen molar-refractivity contribution in [2.24, 2.45) is 0 Å². The Morgan fingerprint density at radius 2 is 0.581 bits per heavy atom. The van der Waals surface area contributed by atoms with E-state index in [0.29, 0.717) is 0 Å². The second kappa shape index (κ2) is 32.3. The van der Waals surface area contributed by atoms with Crippen LogP contribution in [-0.2, 0) is 80.5 Å². The molecule has 0 spiro atoms. The van der Waals surface area contributed by atoms with Gasteiger partial charge in [-0.3, -0.25) is 0 Å². The summed E-state index contributed by atoms with van der Waals surface area (Å²) in [5.41, 5.74) is 0.